The smallest absolute Gasteiger partial charge is 0.163 e. The van der Waals surface area contributed by atoms with E-state index >= 15 is 0 Å². The second-order valence-electron chi connectivity index (χ2n) is 9.19. The van der Waals surface area contributed by atoms with E-state index in [1.165, 1.54) is 13.2 Å². The van der Waals surface area contributed by atoms with E-state index in [2.05, 4.69) is 31.8 Å². The van der Waals surface area contributed by atoms with Crippen molar-refractivity contribution in [3.05, 3.63) is 52.7 Å². The van der Waals surface area contributed by atoms with E-state index in [0.29, 0.717) is 30.3 Å². The number of phenols is 1. The largest absolute Gasteiger partial charge is 0.504 e. The number of ketones is 2. The maximum atomic E-state index is 12.3. The van der Waals surface area contributed by atoms with Gasteiger partial charge in [0, 0.05) is 12.6 Å². The van der Waals surface area contributed by atoms with Crippen molar-refractivity contribution < 1.29 is 19.4 Å². The summed E-state index contributed by atoms with van der Waals surface area (Å²) in [5.41, 5.74) is 9.61. The van der Waals surface area contributed by atoms with Gasteiger partial charge < -0.3 is 15.6 Å². The number of nitrogens with zero attached hydrogens (tertiary/aromatic N) is 1. The maximum absolute atomic E-state index is 12.3. The molecule has 184 valence electrons. The summed E-state index contributed by atoms with van der Waals surface area (Å²) in [7, 11) is 1.48. The molecule has 0 aliphatic heterocycles. The second-order valence-corrected chi connectivity index (χ2v) is 9.19. The molecule has 0 bridgehead atoms. The minimum Gasteiger partial charge on any atom is -0.504 e. The number of aromatic nitrogens is 1. The highest BCUT2D eigenvalue weighted by atomic mass is 16.5. The van der Waals surface area contributed by atoms with Crippen LogP contribution in [0.5, 0.6) is 11.5 Å². The van der Waals surface area contributed by atoms with Crippen LogP contribution in [0.1, 0.15) is 81.5 Å². The van der Waals surface area contributed by atoms with Crippen LogP contribution in [0.3, 0.4) is 0 Å². The van der Waals surface area contributed by atoms with E-state index in [9.17, 15) is 14.7 Å². The van der Waals surface area contributed by atoms with Gasteiger partial charge in [0.25, 0.3) is 0 Å². The number of ether oxygens (including phenoxy) is 1. The lowest BCUT2D eigenvalue weighted by molar-refractivity contribution is -0.124. The van der Waals surface area contributed by atoms with Crippen molar-refractivity contribution in [3.8, 4) is 11.5 Å². The number of benzene rings is 1. The molecule has 0 radical (unpaired) electrons. The Morgan fingerprint density at radius 2 is 1.94 bits per heavy atom. The quantitative estimate of drug-likeness (QED) is 0.211. The molecule has 34 heavy (non-hydrogen) atoms. The minimum atomic E-state index is -0.232. The predicted octanol–water partition coefficient (Wildman–Crippen LogP) is 5.68. The number of phenolic OH excluding ortho intramolecular Hbond substituents is 1. The molecule has 6 heteroatoms. The van der Waals surface area contributed by atoms with Crippen LogP contribution in [0.2, 0.25) is 0 Å². The lowest BCUT2D eigenvalue weighted by atomic mass is 9.96. The zero-order valence-corrected chi connectivity index (χ0v) is 20.9. The SMILES string of the molecule is CCCCCC(=O)CC(=O)C=Cc1cc(OC)c(O)cc1Cc1cnc(N)c(CCC(C)C)c1. The lowest BCUT2D eigenvalue weighted by Gasteiger charge is -2.13. The van der Waals surface area contributed by atoms with Gasteiger partial charge in [-0.15, -0.1) is 0 Å². The first-order chi connectivity index (χ1) is 16.2. The molecule has 2 aromatic rings. The van der Waals surface area contributed by atoms with Crippen LogP contribution in [0.25, 0.3) is 6.08 Å². The van der Waals surface area contributed by atoms with Crippen molar-refractivity contribution in [1.29, 1.82) is 0 Å². The van der Waals surface area contributed by atoms with Gasteiger partial charge in [-0.05, 0) is 72.1 Å². The number of pyridine rings is 1. The zero-order chi connectivity index (χ0) is 25.1. The van der Waals surface area contributed by atoms with E-state index in [1.807, 2.05) is 0 Å². The van der Waals surface area contributed by atoms with E-state index in [4.69, 9.17) is 10.5 Å². The highest BCUT2D eigenvalue weighted by molar-refractivity contribution is 6.06. The number of Topliss-reactive ketones (excluding diaryl/α,β-unsaturated/α-hetero) is 1. The zero-order valence-electron chi connectivity index (χ0n) is 20.9. The number of allylic oxidation sites excluding steroid dienone is 1. The number of hydrogen-bond donors (Lipinski definition) is 2. The monoisotopic (exact) mass is 466 g/mol. The summed E-state index contributed by atoms with van der Waals surface area (Å²) in [6.45, 7) is 6.42. The molecule has 0 saturated carbocycles. The van der Waals surface area contributed by atoms with Crippen LogP contribution in [-0.4, -0.2) is 28.8 Å². The van der Waals surface area contributed by atoms with Crippen LogP contribution in [0.4, 0.5) is 5.82 Å². The van der Waals surface area contributed by atoms with Crippen molar-refractivity contribution >= 4 is 23.5 Å². The summed E-state index contributed by atoms with van der Waals surface area (Å²) in [6, 6.07) is 5.39. The fourth-order valence-electron chi connectivity index (χ4n) is 3.73. The lowest BCUT2D eigenvalue weighted by Crippen LogP contribution is -2.05. The number of unbranched alkanes of at least 4 members (excludes halogenated alkanes) is 2. The van der Waals surface area contributed by atoms with Crippen LogP contribution in [0.15, 0.2) is 30.5 Å². The van der Waals surface area contributed by atoms with Gasteiger partial charge in [-0.25, -0.2) is 4.98 Å². The topological polar surface area (TPSA) is 103 Å². The van der Waals surface area contributed by atoms with Crippen LogP contribution < -0.4 is 10.5 Å². The van der Waals surface area contributed by atoms with E-state index in [0.717, 1.165) is 54.4 Å². The van der Waals surface area contributed by atoms with Gasteiger partial charge in [0.05, 0.1) is 13.5 Å². The third-order valence-electron chi connectivity index (χ3n) is 5.76. The van der Waals surface area contributed by atoms with Gasteiger partial charge in [-0.1, -0.05) is 45.8 Å². The number of aromatic hydroxyl groups is 1. The summed E-state index contributed by atoms with van der Waals surface area (Å²) < 4.78 is 5.25. The van der Waals surface area contributed by atoms with Gasteiger partial charge in [0.1, 0.15) is 11.6 Å². The molecule has 0 unspecified atom stereocenters. The summed E-state index contributed by atoms with van der Waals surface area (Å²) in [4.78, 5) is 28.7. The van der Waals surface area contributed by atoms with Gasteiger partial charge in [-0.3, -0.25) is 9.59 Å². The fourth-order valence-corrected chi connectivity index (χ4v) is 3.73. The number of hydrogen-bond acceptors (Lipinski definition) is 6. The highest BCUT2D eigenvalue weighted by Gasteiger charge is 2.12. The molecule has 1 aromatic heterocycles. The van der Waals surface area contributed by atoms with Crippen LogP contribution >= 0.6 is 0 Å². The number of nitrogens with two attached hydrogens (primary N) is 1. The van der Waals surface area contributed by atoms with Crippen molar-refractivity contribution in [2.45, 2.75) is 72.1 Å². The van der Waals surface area contributed by atoms with E-state index < -0.39 is 0 Å². The normalized spacial score (nSPS) is 11.3. The van der Waals surface area contributed by atoms with Crippen molar-refractivity contribution in [2.24, 2.45) is 5.92 Å². The van der Waals surface area contributed by atoms with E-state index in [1.54, 1.807) is 24.4 Å². The number of methoxy groups -OCH3 is 1. The molecule has 0 spiro atoms. The Morgan fingerprint density at radius 1 is 1.18 bits per heavy atom. The average molecular weight is 467 g/mol. The number of rotatable bonds is 14. The average Bonchev–Trinajstić information content (AvgIpc) is 2.79. The summed E-state index contributed by atoms with van der Waals surface area (Å²) >= 11 is 0. The second kappa shape index (κ2) is 13.5. The van der Waals surface area contributed by atoms with Gasteiger partial charge in [0.2, 0.25) is 0 Å². The Bertz CT molecular complexity index is 1010. The minimum absolute atomic E-state index is 0.0236. The van der Waals surface area contributed by atoms with Crippen LogP contribution in [-0.2, 0) is 22.4 Å². The van der Waals surface area contributed by atoms with Crippen molar-refractivity contribution in [3.63, 3.8) is 0 Å². The molecule has 0 aliphatic carbocycles. The fraction of sp³-hybridized carbons (Fsp3) is 0.464. The number of nitrogen functional groups attached to an aromatic ring is 1. The predicted molar refractivity (Wildman–Crippen MR) is 137 cm³/mol. The molecule has 2 rings (SSSR count). The maximum Gasteiger partial charge on any atom is 0.163 e. The molecule has 0 fully saturated rings. The molecular formula is C28H38N2O4. The Kier molecular flexibility index (Phi) is 10.8. The Hall–Kier alpha value is -3.15. The van der Waals surface area contributed by atoms with Crippen molar-refractivity contribution in [2.75, 3.05) is 12.8 Å². The molecule has 0 amide bonds. The third kappa shape index (κ3) is 8.65. The molecule has 0 saturated heterocycles. The molecule has 6 nitrogen and oxygen atoms in total. The number of anilines is 1. The number of carbonyl (C=O) groups excluding carboxylic acids is 2. The van der Waals surface area contributed by atoms with Gasteiger partial charge >= 0.3 is 0 Å². The Morgan fingerprint density at radius 3 is 2.62 bits per heavy atom. The highest BCUT2D eigenvalue weighted by Crippen LogP contribution is 2.32. The first kappa shape index (κ1) is 27.1. The molecule has 3 N–H and O–H groups in total. The molecule has 1 heterocycles. The first-order valence-corrected chi connectivity index (χ1v) is 12.1. The number of carbonyl (C=O) groups is 2. The van der Waals surface area contributed by atoms with Gasteiger partial charge in [-0.2, -0.15) is 0 Å². The van der Waals surface area contributed by atoms with Crippen LogP contribution in [0, 0.1) is 5.92 Å². The summed E-state index contributed by atoms with van der Waals surface area (Å²) in [6.07, 6.45) is 10.4. The first-order valence-electron chi connectivity index (χ1n) is 12.1. The standard InChI is InChI=1S/C28H38N2O4/c1-5-6-7-8-24(31)17-25(32)12-11-21-16-27(34-4)26(33)15-23(21)14-20-13-22(10-9-19(2)3)28(29)30-18-20/h11-13,15-16,18-19,33H,5-10,14,17H2,1-4H3,(H2,29,30). The Balaban J connectivity index is 2.23. The third-order valence-corrected chi connectivity index (χ3v) is 5.76. The van der Waals surface area contributed by atoms with E-state index in [-0.39, 0.29) is 23.7 Å². The Labute approximate surface area is 203 Å². The summed E-state index contributed by atoms with van der Waals surface area (Å²) in [5.74, 6) is 1.18. The van der Waals surface area contributed by atoms with Gasteiger partial charge in [0.15, 0.2) is 17.3 Å². The molecular weight excluding hydrogens is 428 g/mol. The molecule has 1 aromatic carbocycles. The number of aryl methyl sites for hydroxylation is 1. The summed E-state index contributed by atoms with van der Waals surface area (Å²) in [5, 5.41) is 10.3. The molecule has 0 atom stereocenters. The van der Waals surface area contributed by atoms with Crippen molar-refractivity contribution in [1.82, 2.24) is 4.98 Å². The molecule has 0 aliphatic rings.